The van der Waals surface area contributed by atoms with Gasteiger partial charge < -0.3 is 4.90 Å². The van der Waals surface area contributed by atoms with Crippen molar-refractivity contribution in [1.29, 1.82) is 0 Å². The number of amides is 1. The van der Waals surface area contributed by atoms with Crippen LogP contribution in [0.4, 0.5) is 4.39 Å². The zero-order chi connectivity index (χ0) is 22.1. The molecule has 4 rings (SSSR count). The summed E-state index contributed by atoms with van der Waals surface area (Å²) < 4.78 is 15.5. The summed E-state index contributed by atoms with van der Waals surface area (Å²) in [6.07, 6.45) is 6.06. The molecular weight excluding hydrogens is 399 g/mol. The van der Waals surface area contributed by atoms with Crippen molar-refractivity contribution in [3.63, 3.8) is 0 Å². The van der Waals surface area contributed by atoms with Crippen LogP contribution in [0.25, 0.3) is 11.0 Å². The third-order valence-corrected chi connectivity index (χ3v) is 6.12. The monoisotopic (exact) mass is 424 g/mol. The number of halogens is 1. The second-order valence-electron chi connectivity index (χ2n) is 8.11. The Morgan fingerprint density at radius 1 is 1.13 bits per heavy atom. The molecule has 0 atom stereocenters. The summed E-state index contributed by atoms with van der Waals surface area (Å²) in [4.78, 5) is 44.3. The van der Waals surface area contributed by atoms with Crippen LogP contribution >= 0.6 is 0 Å². The lowest BCUT2D eigenvalue weighted by molar-refractivity contribution is 0.0683. The van der Waals surface area contributed by atoms with Crippen LogP contribution in [-0.2, 0) is 20.5 Å². The number of rotatable bonds is 5. The second-order valence-corrected chi connectivity index (χ2v) is 8.11. The molecule has 0 unspecified atom stereocenters. The van der Waals surface area contributed by atoms with Gasteiger partial charge in [0.15, 0.2) is 0 Å². The Labute approximate surface area is 178 Å². The van der Waals surface area contributed by atoms with Gasteiger partial charge in [-0.05, 0) is 43.0 Å². The van der Waals surface area contributed by atoms with Gasteiger partial charge in [0, 0.05) is 32.9 Å². The molecule has 3 aromatic rings. The van der Waals surface area contributed by atoms with Crippen LogP contribution in [0.15, 0.2) is 46.1 Å². The van der Waals surface area contributed by atoms with Crippen molar-refractivity contribution in [2.24, 2.45) is 14.1 Å². The first-order valence-electron chi connectivity index (χ1n) is 10.5. The van der Waals surface area contributed by atoms with Crippen LogP contribution in [-0.4, -0.2) is 37.5 Å². The molecule has 0 bridgehead atoms. The van der Waals surface area contributed by atoms with Crippen molar-refractivity contribution in [2.75, 3.05) is 6.54 Å². The number of pyridine rings is 1. The van der Waals surface area contributed by atoms with Crippen molar-refractivity contribution in [2.45, 2.75) is 38.1 Å². The molecule has 1 aliphatic carbocycles. The highest BCUT2D eigenvalue weighted by molar-refractivity contribution is 5.97. The number of aromatic nitrogens is 3. The van der Waals surface area contributed by atoms with E-state index in [9.17, 15) is 18.8 Å². The normalized spacial score (nSPS) is 14.3. The number of hydrogen-bond donors (Lipinski definition) is 0. The number of fused-ring (bicyclic) bond motifs is 1. The minimum absolute atomic E-state index is 0.131. The minimum atomic E-state index is -0.473. The van der Waals surface area contributed by atoms with Gasteiger partial charge in [-0.3, -0.25) is 18.7 Å². The average Bonchev–Trinajstić information content (AvgIpc) is 3.31. The Kier molecular flexibility index (Phi) is 5.71. The summed E-state index contributed by atoms with van der Waals surface area (Å²) in [6.45, 7) is 0.498. The molecule has 2 aromatic heterocycles. The van der Waals surface area contributed by atoms with Crippen LogP contribution in [0.3, 0.4) is 0 Å². The summed E-state index contributed by atoms with van der Waals surface area (Å²) in [5, 5.41) is 0.236. The molecule has 0 aliphatic heterocycles. The van der Waals surface area contributed by atoms with Gasteiger partial charge in [-0.15, -0.1) is 0 Å². The Hall–Kier alpha value is -3.29. The molecule has 0 N–H and O–H groups in total. The number of aryl methyl sites for hydroxylation is 1. The van der Waals surface area contributed by atoms with E-state index >= 15 is 0 Å². The average molecular weight is 424 g/mol. The van der Waals surface area contributed by atoms with E-state index in [-0.39, 0.29) is 28.8 Å². The zero-order valence-electron chi connectivity index (χ0n) is 17.7. The highest BCUT2D eigenvalue weighted by Gasteiger charge is 2.28. The number of nitrogens with zero attached hydrogens (tertiary/aromatic N) is 4. The fourth-order valence-electron chi connectivity index (χ4n) is 4.31. The summed E-state index contributed by atoms with van der Waals surface area (Å²) in [5.41, 5.74) is 0.602. The van der Waals surface area contributed by atoms with E-state index in [2.05, 4.69) is 4.98 Å². The Morgan fingerprint density at radius 2 is 1.81 bits per heavy atom. The maximum Gasteiger partial charge on any atom is 0.332 e. The van der Waals surface area contributed by atoms with Crippen molar-refractivity contribution < 1.29 is 9.18 Å². The second kappa shape index (κ2) is 8.45. The van der Waals surface area contributed by atoms with E-state index in [0.717, 1.165) is 35.8 Å². The molecule has 0 saturated heterocycles. The van der Waals surface area contributed by atoms with Crippen LogP contribution < -0.4 is 11.2 Å². The number of carbonyl (C=O) groups is 1. The fraction of sp³-hybridized carbons (Fsp3) is 0.391. The number of carbonyl (C=O) groups excluding carboxylic acids is 1. The summed E-state index contributed by atoms with van der Waals surface area (Å²) in [5.74, 6) is -0.468. The molecule has 162 valence electrons. The van der Waals surface area contributed by atoms with Crippen molar-refractivity contribution in [3.05, 3.63) is 74.3 Å². The quantitative estimate of drug-likeness (QED) is 0.630. The third-order valence-electron chi connectivity index (χ3n) is 6.12. The zero-order valence-corrected chi connectivity index (χ0v) is 17.7. The lowest BCUT2D eigenvalue weighted by Crippen LogP contribution is -2.41. The third kappa shape index (κ3) is 4.02. The largest absolute Gasteiger partial charge is 0.335 e. The molecule has 0 spiro atoms. The summed E-state index contributed by atoms with van der Waals surface area (Å²) in [7, 11) is 2.96. The lowest BCUT2D eigenvalue weighted by atomic mass is 10.1. The van der Waals surface area contributed by atoms with Crippen molar-refractivity contribution >= 4 is 16.9 Å². The SMILES string of the molecule is Cn1c(=O)c2cc(C(=O)N(CCc3ccc(F)cc3)C3CCCC3)cnc2n(C)c1=O. The van der Waals surface area contributed by atoms with Gasteiger partial charge >= 0.3 is 5.69 Å². The molecule has 8 heteroatoms. The van der Waals surface area contributed by atoms with Gasteiger partial charge in [0.1, 0.15) is 11.5 Å². The topological polar surface area (TPSA) is 77.2 Å². The van der Waals surface area contributed by atoms with Gasteiger partial charge in [0.25, 0.3) is 11.5 Å². The van der Waals surface area contributed by atoms with Crippen molar-refractivity contribution in [1.82, 2.24) is 19.0 Å². The minimum Gasteiger partial charge on any atom is -0.335 e. The molecule has 7 nitrogen and oxygen atoms in total. The Balaban J connectivity index is 1.67. The molecule has 1 aliphatic rings. The van der Waals surface area contributed by atoms with Gasteiger partial charge in [0.05, 0.1) is 10.9 Å². The molecule has 1 aromatic carbocycles. The van der Waals surface area contributed by atoms with Gasteiger partial charge in [0.2, 0.25) is 0 Å². The molecule has 0 radical (unpaired) electrons. The van der Waals surface area contributed by atoms with E-state index < -0.39 is 11.2 Å². The molecule has 1 amide bonds. The predicted octanol–water partition coefficient (Wildman–Crippen LogP) is 2.40. The first-order valence-corrected chi connectivity index (χ1v) is 10.5. The standard InChI is InChI=1S/C23H25FN4O3/c1-26-20-19(22(30)27(2)23(26)31)13-16(14-25-20)21(29)28(18-5-3-4-6-18)12-11-15-7-9-17(24)10-8-15/h7-10,13-14,18H,3-6,11-12H2,1-2H3. The molecule has 1 saturated carbocycles. The smallest absolute Gasteiger partial charge is 0.332 e. The van der Waals surface area contributed by atoms with Gasteiger partial charge in [-0.2, -0.15) is 0 Å². The Bertz CT molecular complexity index is 1240. The Morgan fingerprint density at radius 3 is 2.48 bits per heavy atom. The summed E-state index contributed by atoms with van der Waals surface area (Å²) in [6, 6.07) is 7.97. The highest BCUT2D eigenvalue weighted by atomic mass is 19.1. The van der Waals surface area contributed by atoms with E-state index in [4.69, 9.17) is 0 Å². The van der Waals surface area contributed by atoms with Crippen molar-refractivity contribution in [3.8, 4) is 0 Å². The molecule has 31 heavy (non-hydrogen) atoms. The number of hydrogen-bond acceptors (Lipinski definition) is 4. The van der Waals surface area contributed by atoms with Crippen LogP contribution in [0.5, 0.6) is 0 Å². The van der Waals surface area contributed by atoms with E-state index in [0.29, 0.717) is 18.5 Å². The first kappa shape index (κ1) is 21.0. The predicted molar refractivity (Wildman–Crippen MR) is 116 cm³/mol. The fourth-order valence-corrected chi connectivity index (χ4v) is 4.31. The highest BCUT2D eigenvalue weighted by Crippen LogP contribution is 2.25. The maximum absolute atomic E-state index is 13.4. The van der Waals surface area contributed by atoms with Gasteiger partial charge in [-0.1, -0.05) is 25.0 Å². The molecular formula is C23H25FN4O3. The van der Waals surface area contributed by atoms with E-state index in [1.165, 1.54) is 36.0 Å². The van der Waals surface area contributed by atoms with Gasteiger partial charge in [-0.25, -0.2) is 14.2 Å². The lowest BCUT2D eigenvalue weighted by Gasteiger charge is -2.29. The molecule has 2 heterocycles. The number of benzene rings is 1. The van der Waals surface area contributed by atoms with Crippen LogP contribution in [0.1, 0.15) is 41.6 Å². The maximum atomic E-state index is 13.4. The molecule has 1 fully saturated rings. The van der Waals surface area contributed by atoms with E-state index in [1.54, 1.807) is 19.2 Å². The van der Waals surface area contributed by atoms with Crippen LogP contribution in [0, 0.1) is 5.82 Å². The first-order chi connectivity index (χ1) is 14.9. The summed E-state index contributed by atoms with van der Waals surface area (Å²) >= 11 is 0. The van der Waals surface area contributed by atoms with E-state index in [1.807, 2.05) is 4.90 Å². The van der Waals surface area contributed by atoms with Crippen LogP contribution in [0.2, 0.25) is 0 Å².